The molecular weight excluding hydrogens is 308 g/mol. The Balaban J connectivity index is 2.69. The van der Waals surface area contributed by atoms with E-state index in [9.17, 15) is 4.79 Å². The Kier molecular flexibility index (Phi) is 6.87. The van der Waals surface area contributed by atoms with Gasteiger partial charge in [-0.1, -0.05) is 19.8 Å². The quantitative estimate of drug-likeness (QED) is 0.808. The van der Waals surface area contributed by atoms with Crippen molar-refractivity contribution in [3.63, 3.8) is 0 Å². The lowest BCUT2D eigenvalue weighted by molar-refractivity contribution is 0.0935. The van der Waals surface area contributed by atoms with Crippen LogP contribution in [0, 0.1) is 0 Å². The number of nitrogens with one attached hydrogen (secondary N) is 1. The van der Waals surface area contributed by atoms with Crippen LogP contribution in [0.25, 0.3) is 0 Å². The molecule has 1 aromatic rings. The van der Waals surface area contributed by atoms with E-state index >= 15 is 0 Å². The summed E-state index contributed by atoms with van der Waals surface area (Å²) in [7, 11) is 1.59. The molecule has 3 N–H and O–H groups in total. The van der Waals surface area contributed by atoms with E-state index in [4.69, 9.17) is 10.5 Å². The van der Waals surface area contributed by atoms with Crippen LogP contribution in [0.5, 0.6) is 5.75 Å². The van der Waals surface area contributed by atoms with E-state index in [1.54, 1.807) is 25.3 Å². The molecule has 1 amide bonds. The maximum Gasteiger partial charge on any atom is 0.251 e. The van der Waals surface area contributed by atoms with Crippen molar-refractivity contribution >= 4 is 21.8 Å². The molecule has 0 bridgehead atoms. The predicted molar refractivity (Wildman–Crippen MR) is 80.5 cm³/mol. The third-order valence-electron chi connectivity index (χ3n) is 2.94. The maximum absolute atomic E-state index is 12.1. The number of benzene rings is 1. The van der Waals surface area contributed by atoms with Crippen LogP contribution in [0.1, 0.15) is 36.5 Å². The van der Waals surface area contributed by atoms with Gasteiger partial charge in [0.15, 0.2) is 0 Å². The van der Waals surface area contributed by atoms with E-state index in [1.165, 1.54) is 0 Å². The molecule has 1 aromatic carbocycles. The molecule has 0 radical (unpaired) electrons. The van der Waals surface area contributed by atoms with Crippen molar-refractivity contribution in [3.8, 4) is 5.75 Å². The molecule has 0 saturated carbocycles. The predicted octanol–water partition coefficient (Wildman–Crippen LogP) is 2.71. The van der Waals surface area contributed by atoms with Crippen LogP contribution in [0.15, 0.2) is 22.7 Å². The minimum Gasteiger partial charge on any atom is -0.496 e. The molecule has 19 heavy (non-hydrogen) atoms. The zero-order chi connectivity index (χ0) is 14.3. The number of unbranched alkanes of at least 4 members (excludes halogenated alkanes) is 1. The fourth-order valence-corrected chi connectivity index (χ4v) is 2.32. The van der Waals surface area contributed by atoms with E-state index < -0.39 is 0 Å². The number of carbonyl (C=O) groups excluding carboxylic acids is 1. The highest BCUT2D eigenvalue weighted by molar-refractivity contribution is 9.10. The Labute approximate surface area is 122 Å². The summed E-state index contributed by atoms with van der Waals surface area (Å²) in [4.78, 5) is 12.1. The molecule has 0 aliphatic heterocycles. The minimum absolute atomic E-state index is 0.0355. The number of carbonyl (C=O) groups is 1. The molecule has 0 aromatic heterocycles. The van der Waals surface area contributed by atoms with Crippen LogP contribution in [-0.4, -0.2) is 25.6 Å². The van der Waals surface area contributed by atoms with Crippen LogP contribution >= 0.6 is 15.9 Å². The number of halogens is 1. The molecule has 5 heteroatoms. The monoisotopic (exact) mass is 328 g/mol. The first kappa shape index (κ1) is 16.0. The van der Waals surface area contributed by atoms with Crippen molar-refractivity contribution in [2.45, 2.75) is 32.2 Å². The van der Waals surface area contributed by atoms with Crippen molar-refractivity contribution in [1.82, 2.24) is 5.32 Å². The molecule has 0 aliphatic rings. The van der Waals surface area contributed by atoms with E-state index in [0.717, 1.165) is 23.7 Å². The Morgan fingerprint density at radius 1 is 1.53 bits per heavy atom. The first-order valence-electron chi connectivity index (χ1n) is 6.46. The average Bonchev–Trinajstić information content (AvgIpc) is 2.43. The number of hydrogen-bond acceptors (Lipinski definition) is 3. The normalized spacial score (nSPS) is 12.0. The Morgan fingerprint density at radius 3 is 2.79 bits per heavy atom. The van der Waals surface area contributed by atoms with Gasteiger partial charge in [-0.15, -0.1) is 0 Å². The van der Waals surface area contributed by atoms with Gasteiger partial charge in [-0.05, 0) is 40.5 Å². The Bertz CT molecular complexity index is 424. The summed E-state index contributed by atoms with van der Waals surface area (Å²) in [5.74, 6) is 0.604. The summed E-state index contributed by atoms with van der Waals surface area (Å²) in [6.07, 6.45) is 3.07. The molecule has 1 unspecified atom stereocenters. The minimum atomic E-state index is -0.102. The third kappa shape index (κ3) is 4.84. The third-order valence-corrected chi connectivity index (χ3v) is 3.56. The van der Waals surface area contributed by atoms with Crippen molar-refractivity contribution < 1.29 is 9.53 Å². The molecule has 0 saturated heterocycles. The zero-order valence-electron chi connectivity index (χ0n) is 11.4. The van der Waals surface area contributed by atoms with Crippen molar-refractivity contribution in [2.24, 2.45) is 5.73 Å². The second-order valence-electron chi connectivity index (χ2n) is 4.40. The number of hydrogen-bond donors (Lipinski definition) is 2. The summed E-state index contributed by atoms with van der Waals surface area (Å²) in [5, 5.41) is 2.96. The van der Waals surface area contributed by atoms with Crippen LogP contribution in [0.2, 0.25) is 0 Å². The fraction of sp³-hybridized carbons (Fsp3) is 0.500. The summed E-state index contributed by atoms with van der Waals surface area (Å²) in [5.41, 5.74) is 6.27. The van der Waals surface area contributed by atoms with Crippen LogP contribution < -0.4 is 15.8 Å². The van der Waals surface area contributed by atoms with Gasteiger partial charge in [-0.2, -0.15) is 0 Å². The second kappa shape index (κ2) is 8.17. The van der Waals surface area contributed by atoms with Gasteiger partial charge in [0.1, 0.15) is 5.75 Å². The van der Waals surface area contributed by atoms with Gasteiger partial charge in [-0.3, -0.25) is 4.79 Å². The molecule has 0 spiro atoms. The lowest BCUT2D eigenvalue weighted by atomic mass is 10.1. The largest absolute Gasteiger partial charge is 0.496 e. The van der Waals surface area contributed by atoms with Crippen molar-refractivity contribution in [2.75, 3.05) is 13.7 Å². The molecule has 1 rings (SSSR count). The number of nitrogens with two attached hydrogens (primary N) is 1. The Hall–Kier alpha value is -1.07. The van der Waals surface area contributed by atoms with Crippen molar-refractivity contribution in [3.05, 3.63) is 28.2 Å². The molecule has 1 atom stereocenters. The van der Waals surface area contributed by atoms with E-state index in [2.05, 4.69) is 28.2 Å². The van der Waals surface area contributed by atoms with E-state index in [-0.39, 0.29) is 11.9 Å². The van der Waals surface area contributed by atoms with Gasteiger partial charge in [0.25, 0.3) is 5.91 Å². The van der Waals surface area contributed by atoms with Crippen molar-refractivity contribution in [1.29, 1.82) is 0 Å². The zero-order valence-corrected chi connectivity index (χ0v) is 13.0. The lowest BCUT2D eigenvalue weighted by Gasteiger charge is -2.16. The molecule has 0 heterocycles. The lowest BCUT2D eigenvalue weighted by Crippen LogP contribution is -2.40. The highest BCUT2D eigenvalue weighted by Crippen LogP contribution is 2.25. The highest BCUT2D eigenvalue weighted by Gasteiger charge is 2.13. The molecule has 0 aliphatic carbocycles. The number of ether oxygens (including phenoxy) is 1. The molecular formula is C14H21BrN2O2. The average molecular weight is 329 g/mol. The van der Waals surface area contributed by atoms with Crippen LogP contribution in [0.4, 0.5) is 0 Å². The first-order chi connectivity index (χ1) is 9.12. The number of rotatable bonds is 7. The Morgan fingerprint density at radius 2 is 2.26 bits per heavy atom. The summed E-state index contributed by atoms with van der Waals surface area (Å²) < 4.78 is 5.90. The highest BCUT2D eigenvalue weighted by atomic mass is 79.9. The van der Waals surface area contributed by atoms with Crippen LogP contribution in [-0.2, 0) is 0 Å². The van der Waals surface area contributed by atoms with Crippen LogP contribution in [0.3, 0.4) is 0 Å². The van der Waals surface area contributed by atoms with Gasteiger partial charge in [0, 0.05) is 18.2 Å². The number of amides is 1. The first-order valence-corrected chi connectivity index (χ1v) is 7.26. The second-order valence-corrected chi connectivity index (χ2v) is 5.25. The van der Waals surface area contributed by atoms with Gasteiger partial charge in [0.05, 0.1) is 11.6 Å². The SMILES string of the molecule is CCCCC(CN)NC(=O)c1ccc(OC)c(Br)c1. The summed E-state index contributed by atoms with van der Waals surface area (Å²) in [6, 6.07) is 5.30. The van der Waals surface area contributed by atoms with E-state index in [1.807, 2.05) is 0 Å². The van der Waals surface area contributed by atoms with E-state index in [0.29, 0.717) is 17.9 Å². The fourth-order valence-electron chi connectivity index (χ4n) is 1.78. The summed E-state index contributed by atoms with van der Waals surface area (Å²) in [6.45, 7) is 2.58. The molecule has 4 nitrogen and oxygen atoms in total. The summed E-state index contributed by atoms with van der Waals surface area (Å²) >= 11 is 3.37. The molecule has 106 valence electrons. The topological polar surface area (TPSA) is 64.3 Å². The standard InChI is InChI=1S/C14H21BrN2O2/c1-3-4-5-11(9-16)17-14(18)10-6-7-13(19-2)12(15)8-10/h6-8,11H,3-5,9,16H2,1-2H3,(H,17,18). The van der Waals surface area contributed by atoms with Gasteiger partial charge in [0.2, 0.25) is 0 Å². The maximum atomic E-state index is 12.1. The smallest absolute Gasteiger partial charge is 0.251 e. The van der Waals surface area contributed by atoms with Gasteiger partial charge >= 0.3 is 0 Å². The van der Waals surface area contributed by atoms with Gasteiger partial charge in [-0.25, -0.2) is 0 Å². The van der Waals surface area contributed by atoms with Gasteiger partial charge < -0.3 is 15.8 Å². The number of methoxy groups -OCH3 is 1. The molecule has 0 fully saturated rings.